The number of rotatable bonds is 6. The molecule has 0 bridgehead atoms. The Morgan fingerprint density at radius 1 is 1.23 bits per heavy atom. The SMILES string of the molecule is CC1COCCN1S(=O)(=O)CCNS(=O)(=O)c1ccccc1. The summed E-state index contributed by atoms with van der Waals surface area (Å²) in [6, 6.07) is 7.62. The number of sulfonamides is 2. The lowest BCUT2D eigenvalue weighted by Crippen LogP contribution is -2.49. The maximum atomic E-state index is 12.3. The number of morpholine rings is 1. The third-order valence-corrected chi connectivity index (χ3v) is 6.82. The Morgan fingerprint density at radius 3 is 2.55 bits per heavy atom. The van der Waals surface area contributed by atoms with Crippen LogP contribution in [0.5, 0.6) is 0 Å². The molecule has 124 valence electrons. The minimum absolute atomic E-state index is 0.118. The van der Waals surface area contributed by atoms with Gasteiger partial charge in [-0.05, 0) is 19.1 Å². The maximum Gasteiger partial charge on any atom is 0.240 e. The molecule has 0 radical (unpaired) electrons. The fourth-order valence-electron chi connectivity index (χ4n) is 2.23. The smallest absolute Gasteiger partial charge is 0.240 e. The minimum Gasteiger partial charge on any atom is -0.378 e. The highest BCUT2D eigenvalue weighted by Gasteiger charge is 2.30. The molecule has 1 heterocycles. The van der Waals surface area contributed by atoms with Crippen molar-refractivity contribution in [3.63, 3.8) is 0 Å². The van der Waals surface area contributed by atoms with Crippen LogP contribution in [-0.4, -0.2) is 59.2 Å². The van der Waals surface area contributed by atoms with Crippen LogP contribution < -0.4 is 4.72 Å². The minimum atomic E-state index is -3.68. The fraction of sp³-hybridized carbons (Fsp3) is 0.538. The van der Waals surface area contributed by atoms with E-state index in [4.69, 9.17) is 4.74 Å². The lowest BCUT2D eigenvalue weighted by molar-refractivity contribution is 0.0393. The van der Waals surface area contributed by atoms with Crippen LogP contribution in [0.2, 0.25) is 0 Å². The molecule has 1 aliphatic heterocycles. The van der Waals surface area contributed by atoms with E-state index in [1.165, 1.54) is 16.4 Å². The van der Waals surface area contributed by atoms with Gasteiger partial charge in [0.05, 0.1) is 23.9 Å². The molecule has 1 N–H and O–H groups in total. The molecule has 9 heteroatoms. The van der Waals surface area contributed by atoms with Gasteiger partial charge in [-0.2, -0.15) is 4.31 Å². The number of nitrogens with zero attached hydrogens (tertiary/aromatic N) is 1. The van der Waals surface area contributed by atoms with Gasteiger partial charge in [-0.25, -0.2) is 21.6 Å². The van der Waals surface area contributed by atoms with Crippen LogP contribution in [0.1, 0.15) is 6.92 Å². The van der Waals surface area contributed by atoms with E-state index in [1.807, 2.05) is 0 Å². The summed E-state index contributed by atoms with van der Waals surface area (Å²) in [6.45, 7) is 2.62. The van der Waals surface area contributed by atoms with Crippen molar-refractivity contribution in [1.82, 2.24) is 9.03 Å². The molecule has 1 aromatic carbocycles. The van der Waals surface area contributed by atoms with Crippen LogP contribution in [0, 0.1) is 0 Å². The molecule has 1 saturated heterocycles. The molecule has 2 rings (SSSR count). The predicted molar refractivity (Wildman–Crippen MR) is 82.4 cm³/mol. The predicted octanol–water partition coefficient (Wildman–Crippen LogP) is 0.0154. The van der Waals surface area contributed by atoms with Crippen LogP contribution in [0.4, 0.5) is 0 Å². The second kappa shape index (κ2) is 7.05. The van der Waals surface area contributed by atoms with Crippen LogP contribution in [-0.2, 0) is 24.8 Å². The van der Waals surface area contributed by atoms with Crippen molar-refractivity contribution in [2.75, 3.05) is 32.1 Å². The summed E-state index contributed by atoms with van der Waals surface area (Å²) < 4.78 is 57.4. The van der Waals surface area contributed by atoms with Crippen molar-refractivity contribution in [1.29, 1.82) is 0 Å². The molecule has 0 saturated carbocycles. The molecule has 0 amide bonds. The van der Waals surface area contributed by atoms with Crippen molar-refractivity contribution in [2.24, 2.45) is 0 Å². The number of benzene rings is 1. The molecule has 0 spiro atoms. The van der Waals surface area contributed by atoms with E-state index < -0.39 is 20.0 Å². The highest BCUT2D eigenvalue weighted by molar-refractivity contribution is 7.90. The van der Waals surface area contributed by atoms with Gasteiger partial charge in [0.25, 0.3) is 0 Å². The van der Waals surface area contributed by atoms with Gasteiger partial charge in [-0.3, -0.25) is 0 Å². The Morgan fingerprint density at radius 2 is 1.91 bits per heavy atom. The standard InChI is InChI=1S/C13H20N2O5S2/c1-12-11-20-9-8-15(12)21(16,17)10-7-14-22(18,19)13-5-3-2-4-6-13/h2-6,12,14H,7-11H2,1H3. The van der Waals surface area contributed by atoms with Gasteiger partial charge in [0, 0.05) is 19.1 Å². The summed E-state index contributed by atoms with van der Waals surface area (Å²) in [6.07, 6.45) is 0. The summed E-state index contributed by atoms with van der Waals surface area (Å²) in [5, 5.41) is 0. The third-order valence-electron chi connectivity index (χ3n) is 3.37. The zero-order valence-electron chi connectivity index (χ0n) is 12.3. The highest BCUT2D eigenvalue weighted by atomic mass is 32.2. The number of hydrogen-bond donors (Lipinski definition) is 1. The molecule has 0 aromatic heterocycles. The fourth-order valence-corrected chi connectivity index (χ4v) is 4.97. The molecule has 1 aliphatic rings. The normalized spacial score (nSPS) is 20.9. The molecule has 1 aromatic rings. The monoisotopic (exact) mass is 348 g/mol. The Kier molecular flexibility index (Phi) is 5.56. The summed E-state index contributed by atoms with van der Waals surface area (Å²) in [5.74, 6) is -0.274. The Hall–Kier alpha value is -1.00. The molecular weight excluding hydrogens is 328 g/mol. The van der Waals surface area contributed by atoms with E-state index in [0.717, 1.165) is 0 Å². The van der Waals surface area contributed by atoms with E-state index in [9.17, 15) is 16.8 Å². The first-order valence-electron chi connectivity index (χ1n) is 6.95. The van der Waals surface area contributed by atoms with E-state index >= 15 is 0 Å². The van der Waals surface area contributed by atoms with Gasteiger partial charge >= 0.3 is 0 Å². The van der Waals surface area contributed by atoms with E-state index in [2.05, 4.69) is 4.72 Å². The molecule has 0 aliphatic carbocycles. The molecule has 22 heavy (non-hydrogen) atoms. The lowest BCUT2D eigenvalue weighted by Gasteiger charge is -2.32. The topological polar surface area (TPSA) is 92.8 Å². The van der Waals surface area contributed by atoms with E-state index in [1.54, 1.807) is 25.1 Å². The van der Waals surface area contributed by atoms with Gasteiger partial charge in [0.1, 0.15) is 0 Å². The first-order chi connectivity index (χ1) is 10.3. The van der Waals surface area contributed by atoms with Crippen LogP contribution in [0.15, 0.2) is 35.2 Å². The van der Waals surface area contributed by atoms with Gasteiger partial charge in [0.15, 0.2) is 0 Å². The van der Waals surface area contributed by atoms with Crippen LogP contribution >= 0.6 is 0 Å². The first kappa shape index (κ1) is 17.4. The second-order valence-corrected chi connectivity index (χ2v) is 8.87. The van der Waals surface area contributed by atoms with Crippen molar-refractivity contribution in [3.05, 3.63) is 30.3 Å². The zero-order valence-corrected chi connectivity index (χ0v) is 13.9. The molecule has 7 nitrogen and oxygen atoms in total. The Labute approximate surface area is 131 Å². The summed E-state index contributed by atoms with van der Waals surface area (Å²) in [5.41, 5.74) is 0. The number of nitrogens with one attached hydrogen (secondary N) is 1. The molecule has 1 atom stereocenters. The van der Waals surface area contributed by atoms with Crippen LogP contribution in [0.3, 0.4) is 0 Å². The third kappa shape index (κ3) is 4.26. The maximum absolute atomic E-state index is 12.3. The summed E-state index contributed by atoms with van der Waals surface area (Å²) in [4.78, 5) is 0.118. The highest BCUT2D eigenvalue weighted by Crippen LogP contribution is 2.12. The lowest BCUT2D eigenvalue weighted by atomic mass is 10.3. The molecular formula is C13H20N2O5S2. The molecule has 1 unspecified atom stereocenters. The zero-order chi connectivity index (χ0) is 16.2. The van der Waals surface area contributed by atoms with Gasteiger partial charge in [-0.15, -0.1) is 0 Å². The largest absolute Gasteiger partial charge is 0.378 e. The number of hydrogen-bond acceptors (Lipinski definition) is 5. The van der Waals surface area contributed by atoms with Crippen LogP contribution in [0.25, 0.3) is 0 Å². The van der Waals surface area contributed by atoms with Crippen molar-refractivity contribution in [3.8, 4) is 0 Å². The Balaban J connectivity index is 1.95. The van der Waals surface area contributed by atoms with Gasteiger partial charge < -0.3 is 4.74 Å². The molecule has 1 fully saturated rings. The van der Waals surface area contributed by atoms with E-state index in [0.29, 0.717) is 19.8 Å². The van der Waals surface area contributed by atoms with Crippen molar-refractivity contribution >= 4 is 20.0 Å². The first-order valence-corrected chi connectivity index (χ1v) is 10.0. The summed E-state index contributed by atoms with van der Waals surface area (Å²) >= 11 is 0. The number of ether oxygens (including phenoxy) is 1. The second-order valence-electron chi connectivity index (χ2n) is 5.06. The quantitative estimate of drug-likeness (QED) is 0.782. The van der Waals surface area contributed by atoms with Gasteiger partial charge in [-0.1, -0.05) is 18.2 Å². The van der Waals surface area contributed by atoms with Crippen molar-refractivity contribution < 1.29 is 21.6 Å². The summed E-state index contributed by atoms with van der Waals surface area (Å²) in [7, 11) is -7.20. The van der Waals surface area contributed by atoms with Gasteiger partial charge in [0.2, 0.25) is 20.0 Å². The average Bonchev–Trinajstić information content (AvgIpc) is 2.48. The van der Waals surface area contributed by atoms with E-state index in [-0.39, 0.29) is 23.2 Å². The average molecular weight is 348 g/mol. The Bertz CT molecular complexity index is 688. The van der Waals surface area contributed by atoms with Crippen molar-refractivity contribution in [2.45, 2.75) is 17.9 Å².